The summed E-state index contributed by atoms with van der Waals surface area (Å²) in [5.41, 5.74) is 3.70. The second kappa shape index (κ2) is 9.48. The van der Waals surface area contributed by atoms with E-state index in [-0.39, 0.29) is 16.2 Å². The molecule has 1 aliphatic rings. The first-order valence-corrected chi connectivity index (χ1v) is 14.2. The highest BCUT2D eigenvalue weighted by Crippen LogP contribution is 2.44. The predicted octanol–water partition coefficient (Wildman–Crippen LogP) is 6.44. The molecule has 5 nitrogen and oxygen atoms in total. The number of thiophene rings is 1. The summed E-state index contributed by atoms with van der Waals surface area (Å²) >= 11 is 4.85. The third-order valence-electron chi connectivity index (χ3n) is 6.06. The number of nitrogens with one attached hydrogen (secondary N) is 1. The van der Waals surface area contributed by atoms with Gasteiger partial charge < -0.3 is 5.32 Å². The normalized spacial score (nSPS) is 15.5. The van der Waals surface area contributed by atoms with E-state index in [0.717, 1.165) is 44.9 Å². The first-order valence-electron chi connectivity index (χ1n) is 11.5. The minimum atomic E-state index is -0.444. The Kier molecular flexibility index (Phi) is 6.55. The highest BCUT2D eigenvalue weighted by atomic mass is 32.2. The van der Waals surface area contributed by atoms with Crippen LogP contribution in [0.2, 0.25) is 0 Å². The van der Waals surface area contributed by atoms with Gasteiger partial charge in [-0.15, -0.1) is 23.1 Å². The van der Waals surface area contributed by atoms with Crippen LogP contribution in [0, 0.1) is 6.92 Å². The van der Waals surface area contributed by atoms with Crippen LogP contribution in [0.25, 0.3) is 15.9 Å². The fourth-order valence-electron chi connectivity index (χ4n) is 4.15. The number of anilines is 1. The average molecular weight is 522 g/mol. The standard InChI is InChI=1S/C27H27N3O2S3/c1-16-10-12-19(13-11-16)30-25(32)22-20-14-27(3,4)33-15-21(20)35-24(22)29-26(30)34-17(2)23(31)28-18-8-6-5-7-9-18/h5-13,17H,14-15H2,1-4H3,(H,28,31)/t17-/m0/s1. The van der Waals surface area contributed by atoms with Gasteiger partial charge >= 0.3 is 0 Å². The minimum Gasteiger partial charge on any atom is -0.325 e. The second-order valence-electron chi connectivity index (χ2n) is 9.39. The van der Waals surface area contributed by atoms with Gasteiger partial charge in [0.05, 0.1) is 16.3 Å². The first-order chi connectivity index (χ1) is 16.7. The maximum absolute atomic E-state index is 14.0. The summed E-state index contributed by atoms with van der Waals surface area (Å²) in [5, 5.41) is 3.77. The van der Waals surface area contributed by atoms with Crippen molar-refractivity contribution in [3.8, 4) is 5.69 Å². The van der Waals surface area contributed by atoms with Crippen LogP contribution in [0.15, 0.2) is 64.5 Å². The van der Waals surface area contributed by atoms with E-state index in [1.165, 1.54) is 16.6 Å². The molecule has 3 heterocycles. The zero-order valence-corrected chi connectivity index (χ0v) is 22.6. The van der Waals surface area contributed by atoms with Crippen molar-refractivity contribution in [1.82, 2.24) is 9.55 Å². The Morgan fingerprint density at radius 2 is 1.86 bits per heavy atom. The van der Waals surface area contributed by atoms with E-state index in [1.54, 1.807) is 15.9 Å². The van der Waals surface area contributed by atoms with E-state index >= 15 is 0 Å². The molecule has 0 saturated carbocycles. The Hall–Kier alpha value is -2.55. The number of para-hydroxylation sites is 1. The molecule has 0 spiro atoms. The van der Waals surface area contributed by atoms with Crippen molar-refractivity contribution in [2.45, 2.75) is 55.0 Å². The predicted molar refractivity (Wildman–Crippen MR) is 149 cm³/mol. The molecule has 35 heavy (non-hydrogen) atoms. The Morgan fingerprint density at radius 1 is 1.14 bits per heavy atom. The van der Waals surface area contributed by atoms with Gasteiger partial charge in [-0.05, 0) is 50.1 Å². The number of aryl methyl sites for hydroxylation is 1. The summed E-state index contributed by atoms with van der Waals surface area (Å²) in [6.07, 6.45) is 0.847. The first kappa shape index (κ1) is 24.2. The maximum Gasteiger partial charge on any atom is 0.267 e. The van der Waals surface area contributed by atoms with Crippen molar-refractivity contribution in [1.29, 1.82) is 0 Å². The molecule has 1 amide bonds. The Bertz CT molecular complexity index is 1460. The lowest BCUT2D eigenvalue weighted by molar-refractivity contribution is -0.115. The number of thioether (sulfide) groups is 2. The molecular formula is C27H27N3O2S3. The summed E-state index contributed by atoms with van der Waals surface area (Å²) in [5.74, 6) is 0.765. The van der Waals surface area contributed by atoms with Gasteiger partial charge in [-0.2, -0.15) is 0 Å². The molecule has 1 N–H and O–H groups in total. The monoisotopic (exact) mass is 521 g/mol. The van der Waals surface area contributed by atoms with E-state index in [1.807, 2.05) is 80.2 Å². The average Bonchev–Trinajstić information content (AvgIpc) is 3.17. The topological polar surface area (TPSA) is 64.0 Å². The highest BCUT2D eigenvalue weighted by molar-refractivity contribution is 8.00. The molecular weight excluding hydrogens is 495 g/mol. The zero-order chi connectivity index (χ0) is 24.7. The minimum absolute atomic E-state index is 0.0581. The quantitative estimate of drug-likeness (QED) is 0.242. The van der Waals surface area contributed by atoms with Crippen LogP contribution >= 0.6 is 34.9 Å². The molecule has 1 aliphatic heterocycles. The van der Waals surface area contributed by atoms with Gasteiger partial charge in [-0.3, -0.25) is 14.2 Å². The van der Waals surface area contributed by atoms with Crippen LogP contribution in [0.5, 0.6) is 0 Å². The van der Waals surface area contributed by atoms with E-state index in [4.69, 9.17) is 4.98 Å². The number of rotatable bonds is 5. The lowest BCUT2D eigenvalue weighted by Gasteiger charge is -2.28. The third-order valence-corrected chi connectivity index (χ3v) is 9.78. The van der Waals surface area contributed by atoms with E-state index in [2.05, 4.69) is 19.2 Å². The number of hydrogen-bond donors (Lipinski definition) is 1. The van der Waals surface area contributed by atoms with E-state index < -0.39 is 5.25 Å². The summed E-state index contributed by atoms with van der Waals surface area (Å²) in [4.78, 5) is 33.9. The van der Waals surface area contributed by atoms with Gasteiger partial charge in [0, 0.05) is 21.1 Å². The number of carbonyl (C=O) groups is 1. The lowest BCUT2D eigenvalue weighted by atomic mass is 10.00. The van der Waals surface area contributed by atoms with Crippen LogP contribution < -0.4 is 10.9 Å². The fraction of sp³-hybridized carbons (Fsp3) is 0.296. The fourth-order valence-corrected chi connectivity index (χ4v) is 7.46. The third kappa shape index (κ3) is 4.92. The van der Waals surface area contributed by atoms with Crippen molar-refractivity contribution >= 4 is 56.7 Å². The van der Waals surface area contributed by atoms with Crippen LogP contribution in [0.3, 0.4) is 0 Å². The number of hydrogen-bond acceptors (Lipinski definition) is 6. The summed E-state index contributed by atoms with van der Waals surface area (Å²) in [6.45, 7) is 8.33. The SMILES string of the molecule is Cc1ccc(-n2c(S[C@@H](C)C(=O)Nc3ccccc3)nc3sc4c(c3c2=O)CC(C)(C)SC4)cc1. The van der Waals surface area contributed by atoms with Crippen molar-refractivity contribution in [2.75, 3.05) is 5.32 Å². The molecule has 0 aliphatic carbocycles. The zero-order valence-electron chi connectivity index (χ0n) is 20.1. The summed E-state index contributed by atoms with van der Waals surface area (Å²) in [7, 11) is 0. The van der Waals surface area contributed by atoms with Crippen LogP contribution in [-0.2, 0) is 17.0 Å². The van der Waals surface area contributed by atoms with Gasteiger partial charge in [0.2, 0.25) is 5.91 Å². The van der Waals surface area contributed by atoms with Crippen LogP contribution in [0.4, 0.5) is 5.69 Å². The number of carbonyl (C=O) groups excluding carboxylic acids is 1. The highest BCUT2D eigenvalue weighted by Gasteiger charge is 2.31. The molecule has 2 aromatic heterocycles. The smallest absolute Gasteiger partial charge is 0.267 e. The van der Waals surface area contributed by atoms with E-state index in [0.29, 0.717) is 5.16 Å². The van der Waals surface area contributed by atoms with Crippen LogP contribution in [-0.4, -0.2) is 25.5 Å². The van der Waals surface area contributed by atoms with Crippen molar-refractivity contribution in [3.63, 3.8) is 0 Å². The number of fused-ring (bicyclic) bond motifs is 3. The van der Waals surface area contributed by atoms with Crippen molar-refractivity contribution in [2.24, 2.45) is 0 Å². The van der Waals surface area contributed by atoms with E-state index in [9.17, 15) is 9.59 Å². The Balaban J connectivity index is 1.59. The molecule has 0 radical (unpaired) electrons. The van der Waals surface area contributed by atoms with Gasteiger partial charge in [0.25, 0.3) is 5.56 Å². The van der Waals surface area contributed by atoms with Crippen molar-refractivity contribution in [3.05, 3.63) is 81.0 Å². The maximum atomic E-state index is 14.0. The molecule has 0 unspecified atom stereocenters. The molecule has 180 valence electrons. The molecule has 2 aromatic carbocycles. The summed E-state index contributed by atoms with van der Waals surface area (Å²) in [6, 6.07) is 17.3. The number of amides is 1. The summed E-state index contributed by atoms with van der Waals surface area (Å²) < 4.78 is 1.76. The van der Waals surface area contributed by atoms with Crippen molar-refractivity contribution < 1.29 is 4.79 Å². The molecule has 0 bridgehead atoms. The molecule has 5 rings (SSSR count). The molecule has 0 fully saturated rings. The van der Waals surface area contributed by atoms with Gasteiger partial charge in [-0.1, -0.05) is 61.5 Å². The molecule has 0 saturated heterocycles. The molecule has 1 atom stereocenters. The van der Waals surface area contributed by atoms with Crippen LogP contribution in [0.1, 0.15) is 36.8 Å². The number of nitrogens with zero attached hydrogens (tertiary/aromatic N) is 2. The second-order valence-corrected chi connectivity index (χ2v) is 13.5. The Morgan fingerprint density at radius 3 is 2.57 bits per heavy atom. The number of benzene rings is 2. The Labute approximate surface area is 217 Å². The lowest BCUT2D eigenvalue weighted by Crippen LogP contribution is -2.27. The number of aromatic nitrogens is 2. The van der Waals surface area contributed by atoms with Gasteiger partial charge in [-0.25, -0.2) is 4.98 Å². The van der Waals surface area contributed by atoms with Gasteiger partial charge in [0.15, 0.2) is 5.16 Å². The van der Waals surface area contributed by atoms with Gasteiger partial charge in [0.1, 0.15) is 4.83 Å². The largest absolute Gasteiger partial charge is 0.325 e. The molecule has 4 aromatic rings. The molecule has 8 heteroatoms.